The molecule has 1 N–H and O–H groups in total. The van der Waals surface area contributed by atoms with E-state index in [1.54, 1.807) is 11.8 Å². The van der Waals surface area contributed by atoms with Crippen LogP contribution in [0.4, 0.5) is 0 Å². The predicted molar refractivity (Wildman–Crippen MR) is 110 cm³/mol. The molecule has 1 atom stereocenters. The Bertz CT molecular complexity index is 1020. The zero-order valence-corrected chi connectivity index (χ0v) is 17.4. The summed E-state index contributed by atoms with van der Waals surface area (Å²) >= 11 is 5.70. The molecule has 4 rings (SSSR count). The fraction of sp³-hybridized carbons (Fsp3) is 0.381. The van der Waals surface area contributed by atoms with Gasteiger partial charge in [0, 0.05) is 18.4 Å². The minimum absolute atomic E-state index is 0.640. The first kappa shape index (κ1) is 18.8. The predicted octanol–water partition coefficient (Wildman–Crippen LogP) is 2.63. The number of tetrazole rings is 1. The van der Waals surface area contributed by atoms with E-state index in [2.05, 4.69) is 42.5 Å². The Morgan fingerprint density at radius 3 is 2.54 bits per heavy atom. The van der Waals surface area contributed by atoms with E-state index in [-0.39, 0.29) is 0 Å². The highest BCUT2D eigenvalue weighted by Crippen LogP contribution is 2.18. The van der Waals surface area contributed by atoms with E-state index in [1.165, 1.54) is 34.4 Å². The number of rotatable bonds is 7. The maximum atomic E-state index is 5.70. The standard InChI is InChI=1S/C21H25N5OS/c1-15-5-4-6-20(16(15)2)26-21(28)25(22-23-26)14-24(18-9-10-18)13-17-7-11-19(27-3)12-8-17/h4-8,11-12,18H,9-10,13-14H2,1-3H3/p+1. The van der Waals surface area contributed by atoms with Gasteiger partial charge in [0.1, 0.15) is 12.3 Å². The second-order valence-corrected chi connectivity index (χ2v) is 7.87. The zero-order valence-electron chi connectivity index (χ0n) is 16.6. The van der Waals surface area contributed by atoms with Gasteiger partial charge in [-0.25, -0.2) is 0 Å². The Morgan fingerprint density at radius 2 is 1.86 bits per heavy atom. The van der Waals surface area contributed by atoms with Crippen LogP contribution in [0.3, 0.4) is 0 Å². The summed E-state index contributed by atoms with van der Waals surface area (Å²) in [5.41, 5.74) is 4.68. The molecular formula is C21H26N5OS+. The van der Waals surface area contributed by atoms with Gasteiger partial charge in [-0.05, 0) is 78.0 Å². The lowest BCUT2D eigenvalue weighted by Gasteiger charge is -2.18. The SMILES string of the molecule is COc1ccc(C[NH+](Cn2nnn(-c3cccc(C)c3C)c2=S)C2CC2)cc1. The molecule has 0 aliphatic heterocycles. The molecule has 0 bridgehead atoms. The van der Waals surface area contributed by atoms with Crippen molar-refractivity contribution >= 4 is 12.2 Å². The fourth-order valence-corrected chi connectivity index (χ4v) is 3.74. The maximum Gasteiger partial charge on any atom is 0.225 e. The van der Waals surface area contributed by atoms with Gasteiger partial charge in [-0.2, -0.15) is 9.36 Å². The zero-order chi connectivity index (χ0) is 19.7. The molecular weight excluding hydrogens is 370 g/mol. The monoisotopic (exact) mass is 396 g/mol. The summed E-state index contributed by atoms with van der Waals surface area (Å²) < 4.78 is 9.53. The summed E-state index contributed by atoms with van der Waals surface area (Å²) in [7, 11) is 1.69. The molecule has 0 amide bonds. The fourth-order valence-electron chi connectivity index (χ4n) is 3.51. The second kappa shape index (κ2) is 7.85. The van der Waals surface area contributed by atoms with Crippen LogP contribution in [-0.2, 0) is 13.2 Å². The summed E-state index contributed by atoms with van der Waals surface area (Å²) in [4.78, 5) is 1.47. The number of hydrogen-bond acceptors (Lipinski definition) is 4. The van der Waals surface area contributed by atoms with Crippen LogP contribution in [0.2, 0.25) is 0 Å². The van der Waals surface area contributed by atoms with Crippen LogP contribution < -0.4 is 9.64 Å². The lowest BCUT2D eigenvalue weighted by molar-refractivity contribution is -0.947. The molecule has 0 spiro atoms. The maximum absolute atomic E-state index is 5.70. The summed E-state index contributed by atoms with van der Waals surface area (Å²) in [5.74, 6) is 0.885. The molecule has 1 heterocycles. The number of quaternary nitrogens is 1. The Balaban J connectivity index is 1.56. The van der Waals surface area contributed by atoms with Gasteiger partial charge in [0.05, 0.1) is 18.8 Å². The van der Waals surface area contributed by atoms with E-state index in [0.29, 0.717) is 10.8 Å². The lowest BCUT2D eigenvalue weighted by atomic mass is 10.1. The molecule has 0 saturated heterocycles. The van der Waals surface area contributed by atoms with Gasteiger partial charge >= 0.3 is 0 Å². The largest absolute Gasteiger partial charge is 0.497 e. The first-order valence-corrected chi connectivity index (χ1v) is 10.0. The molecule has 28 heavy (non-hydrogen) atoms. The number of hydrogen-bond donors (Lipinski definition) is 1. The molecule has 1 aromatic heterocycles. The smallest absolute Gasteiger partial charge is 0.225 e. The Kier molecular flexibility index (Phi) is 5.28. The van der Waals surface area contributed by atoms with Crippen molar-refractivity contribution in [2.24, 2.45) is 0 Å². The molecule has 1 saturated carbocycles. The van der Waals surface area contributed by atoms with Crippen molar-refractivity contribution in [1.82, 2.24) is 19.8 Å². The molecule has 146 valence electrons. The summed E-state index contributed by atoms with van der Waals surface area (Å²) in [5, 5.41) is 8.71. The third kappa shape index (κ3) is 3.86. The molecule has 1 unspecified atom stereocenters. The minimum Gasteiger partial charge on any atom is -0.497 e. The first-order chi connectivity index (χ1) is 13.6. The van der Waals surface area contributed by atoms with Crippen molar-refractivity contribution in [3.63, 3.8) is 0 Å². The molecule has 3 aromatic rings. The van der Waals surface area contributed by atoms with Gasteiger partial charge in [-0.1, -0.05) is 12.1 Å². The third-order valence-electron chi connectivity index (χ3n) is 5.54. The minimum atomic E-state index is 0.640. The second-order valence-electron chi connectivity index (χ2n) is 7.51. The molecule has 1 fully saturated rings. The van der Waals surface area contributed by atoms with Gasteiger partial charge in [0.25, 0.3) is 0 Å². The van der Waals surface area contributed by atoms with Crippen molar-refractivity contribution in [1.29, 1.82) is 0 Å². The lowest BCUT2D eigenvalue weighted by Crippen LogP contribution is -3.11. The Hall–Kier alpha value is -2.51. The van der Waals surface area contributed by atoms with E-state index in [4.69, 9.17) is 17.0 Å². The van der Waals surface area contributed by atoms with E-state index < -0.39 is 0 Å². The number of benzene rings is 2. The van der Waals surface area contributed by atoms with E-state index in [0.717, 1.165) is 24.7 Å². The Morgan fingerprint density at radius 1 is 1.11 bits per heavy atom. The van der Waals surface area contributed by atoms with Crippen molar-refractivity contribution in [2.75, 3.05) is 7.11 Å². The quantitative estimate of drug-likeness (QED) is 0.624. The topological polar surface area (TPSA) is 49.3 Å². The van der Waals surface area contributed by atoms with Crippen LogP contribution in [0.15, 0.2) is 42.5 Å². The van der Waals surface area contributed by atoms with Crippen LogP contribution in [0.5, 0.6) is 5.75 Å². The number of aryl methyl sites for hydroxylation is 1. The Labute approximate surface area is 170 Å². The molecule has 6 nitrogen and oxygen atoms in total. The van der Waals surface area contributed by atoms with Gasteiger partial charge in [-0.3, -0.25) is 0 Å². The highest BCUT2D eigenvalue weighted by atomic mass is 32.1. The molecule has 2 aromatic carbocycles. The van der Waals surface area contributed by atoms with Gasteiger partial charge in [0.15, 0.2) is 6.67 Å². The van der Waals surface area contributed by atoms with E-state index in [9.17, 15) is 0 Å². The number of nitrogens with zero attached hydrogens (tertiary/aromatic N) is 4. The van der Waals surface area contributed by atoms with Crippen LogP contribution in [0.25, 0.3) is 5.69 Å². The average molecular weight is 397 g/mol. The average Bonchev–Trinajstić information content (AvgIpc) is 3.49. The molecule has 0 radical (unpaired) electrons. The van der Waals surface area contributed by atoms with Crippen molar-refractivity contribution in [3.8, 4) is 11.4 Å². The van der Waals surface area contributed by atoms with Crippen LogP contribution >= 0.6 is 12.2 Å². The number of aromatic nitrogens is 4. The van der Waals surface area contributed by atoms with Crippen molar-refractivity contribution in [3.05, 3.63) is 63.9 Å². The highest BCUT2D eigenvalue weighted by molar-refractivity contribution is 7.71. The molecule has 7 heteroatoms. The van der Waals surface area contributed by atoms with Crippen LogP contribution in [-0.4, -0.2) is 32.9 Å². The molecule has 1 aliphatic carbocycles. The van der Waals surface area contributed by atoms with Crippen LogP contribution in [0, 0.1) is 18.6 Å². The van der Waals surface area contributed by atoms with Gasteiger partial charge in [0.2, 0.25) is 4.77 Å². The third-order valence-corrected chi connectivity index (χ3v) is 5.93. The van der Waals surface area contributed by atoms with Crippen molar-refractivity contribution < 1.29 is 9.64 Å². The van der Waals surface area contributed by atoms with E-state index in [1.807, 2.05) is 28.9 Å². The normalized spacial score (nSPS) is 14.8. The summed E-state index contributed by atoms with van der Waals surface area (Å²) in [6.07, 6.45) is 2.51. The van der Waals surface area contributed by atoms with Crippen molar-refractivity contribution in [2.45, 2.75) is 45.9 Å². The van der Waals surface area contributed by atoms with Crippen LogP contribution in [0.1, 0.15) is 29.5 Å². The number of ether oxygens (including phenoxy) is 1. The summed E-state index contributed by atoms with van der Waals surface area (Å²) in [6.45, 7) is 5.85. The molecule has 1 aliphatic rings. The number of methoxy groups -OCH3 is 1. The number of nitrogens with one attached hydrogen (secondary N) is 1. The summed E-state index contributed by atoms with van der Waals surface area (Å²) in [6, 6.07) is 15.1. The van der Waals surface area contributed by atoms with E-state index >= 15 is 0 Å². The van der Waals surface area contributed by atoms with Gasteiger partial charge < -0.3 is 9.64 Å². The van der Waals surface area contributed by atoms with Gasteiger partial charge in [-0.15, -0.1) is 0 Å². The highest BCUT2D eigenvalue weighted by Gasteiger charge is 2.34. The first-order valence-electron chi connectivity index (χ1n) is 9.63.